The SMILES string of the molecule is CCOC(=O)c1cc(C(C)C)sc1NC(=O)/C(C#N)=C/c1cc(Br)c(O)c(OCC)c1. The molecule has 1 amide bonds. The van der Waals surface area contributed by atoms with Crippen molar-refractivity contribution in [2.24, 2.45) is 0 Å². The molecule has 2 aromatic rings. The Bertz CT molecular complexity index is 1050. The van der Waals surface area contributed by atoms with E-state index in [0.29, 0.717) is 21.6 Å². The lowest BCUT2D eigenvalue weighted by molar-refractivity contribution is -0.112. The molecular weight excluding hydrogens is 484 g/mol. The van der Waals surface area contributed by atoms with Crippen molar-refractivity contribution in [2.75, 3.05) is 18.5 Å². The van der Waals surface area contributed by atoms with Gasteiger partial charge in [0.05, 0.1) is 23.2 Å². The van der Waals surface area contributed by atoms with Crippen molar-refractivity contribution in [1.82, 2.24) is 0 Å². The normalized spacial score (nSPS) is 11.2. The van der Waals surface area contributed by atoms with Gasteiger partial charge in [-0.1, -0.05) is 13.8 Å². The molecule has 0 aliphatic heterocycles. The molecule has 164 valence electrons. The van der Waals surface area contributed by atoms with E-state index in [9.17, 15) is 20.0 Å². The van der Waals surface area contributed by atoms with Gasteiger partial charge in [-0.05, 0) is 65.5 Å². The van der Waals surface area contributed by atoms with Crippen LogP contribution in [0.2, 0.25) is 0 Å². The van der Waals surface area contributed by atoms with Crippen LogP contribution in [-0.4, -0.2) is 30.2 Å². The Labute approximate surface area is 193 Å². The van der Waals surface area contributed by atoms with Gasteiger partial charge in [-0.25, -0.2) is 4.79 Å². The summed E-state index contributed by atoms with van der Waals surface area (Å²) in [6.07, 6.45) is 1.38. The summed E-state index contributed by atoms with van der Waals surface area (Å²) in [7, 11) is 0. The predicted octanol–water partition coefficient (Wildman–Crippen LogP) is 5.46. The highest BCUT2D eigenvalue weighted by molar-refractivity contribution is 9.10. The Hall–Kier alpha value is -2.83. The summed E-state index contributed by atoms with van der Waals surface area (Å²) in [4.78, 5) is 26.0. The summed E-state index contributed by atoms with van der Waals surface area (Å²) in [5.41, 5.74) is 0.570. The molecule has 0 aliphatic carbocycles. The maximum atomic E-state index is 12.8. The molecule has 0 saturated carbocycles. The highest BCUT2D eigenvalue weighted by atomic mass is 79.9. The number of amides is 1. The number of phenols is 1. The topological polar surface area (TPSA) is 109 Å². The first-order valence-corrected chi connectivity index (χ1v) is 11.2. The molecule has 1 aromatic carbocycles. The first-order chi connectivity index (χ1) is 14.7. The van der Waals surface area contributed by atoms with Crippen LogP contribution in [0.25, 0.3) is 6.08 Å². The smallest absolute Gasteiger partial charge is 0.341 e. The quantitative estimate of drug-likeness (QED) is 0.279. The number of benzene rings is 1. The molecule has 1 heterocycles. The minimum Gasteiger partial charge on any atom is -0.503 e. The molecule has 0 aliphatic rings. The van der Waals surface area contributed by atoms with Crippen LogP contribution in [0.15, 0.2) is 28.2 Å². The minimum absolute atomic E-state index is 0.0687. The van der Waals surface area contributed by atoms with Gasteiger partial charge in [0.25, 0.3) is 5.91 Å². The lowest BCUT2D eigenvalue weighted by atomic mass is 10.1. The second-order valence-corrected chi connectivity index (χ2v) is 8.61. The summed E-state index contributed by atoms with van der Waals surface area (Å²) in [5, 5.41) is 22.6. The molecule has 31 heavy (non-hydrogen) atoms. The van der Waals surface area contributed by atoms with Gasteiger partial charge in [0.15, 0.2) is 11.5 Å². The van der Waals surface area contributed by atoms with E-state index in [-0.39, 0.29) is 35.2 Å². The first kappa shape index (κ1) is 24.4. The van der Waals surface area contributed by atoms with Crippen molar-refractivity contribution in [3.8, 4) is 17.6 Å². The van der Waals surface area contributed by atoms with E-state index < -0.39 is 11.9 Å². The Morgan fingerprint density at radius 3 is 2.58 bits per heavy atom. The Balaban J connectivity index is 2.38. The van der Waals surface area contributed by atoms with E-state index in [1.165, 1.54) is 23.5 Å². The highest BCUT2D eigenvalue weighted by Crippen LogP contribution is 2.36. The van der Waals surface area contributed by atoms with Crippen LogP contribution in [0.1, 0.15) is 54.4 Å². The van der Waals surface area contributed by atoms with E-state index in [2.05, 4.69) is 21.2 Å². The van der Waals surface area contributed by atoms with Gasteiger partial charge in [0.2, 0.25) is 0 Å². The predicted molar refractivity (Wildman–Crippen MR) is 124 cm³/mol. The number of hydrogen-bond donors (Lipinski definition) is 2. The van der Waals surface area contributed by atoms with Crippen molar-refractivity contribution >= 4 is 50.2 Å². The van der Waals surface area contributed by atoms with Gasteiger partial charge in [-0.3, -0.25) is 4.79 Å². The van der Waals surface area contributed by atoms with Gasteiger partial charge in [0.1, 0.15) is 16.6 Å². The van der Waals surface area contributed by atoms with Crippen LogP contribution in [0.3, 0.4) is 0 Å². The molecule has 2 N–H and O–H groups in total. The monoisotopic (exact) mass is 506 g/mol. The minimum atomic E-state index is -0.660. The zero-order valence-corrected chi connectivity index (χ0v) is 20.0. The Morgan fingerprint density at radius 2 is 2.00 bits per heavy atom. The van der Waals surface area contributed by atoms with Crippen LogP contribution in [0, 0.1) is 11.3 Å². The summed E-state index contributed by atoms with van der Waals surface area (Å²) in [6.45, 7) is 7.98. The van der Waals surface area contributed by atoms with Gasteiger partial charge >= 0.3 is 5.97 Å². The number of halogens is 1. The zero-order valence-electron chi connectivity index (χ0n) is 17.6. The number of esters is 1. The molecule has 0 fully saturated rings. The maximum absolute atomic E-state index is 12.8. The molecule has 0 spiro atoms. The number of thiophene rings is 1. The number of carbonyl (C=O) groups excluding carboxylic acids is 2. The summed E-state index contributed by atoms with van der Waals surface area (Å²) in [5.74, 6) is -0.883. The highest BCUT2D eigenvalue weighted by Gasteiger charge is 2.21. The van der Waals surface area contributed by atoms with Crippen molar-refractivity contribution in [1.29, 1.82) is 5.26 Å². The van der Waals surface area contributed by atoms with E-state index >= 15 is 0 Å². The Morgan fingerprint density at radius 1 is 1.29 bits per heavy atom. The molecule has 1 aromatic heterocycles. The number of anilines is 1. The molecule has 0 radical (unpaired) electrons. The number of aromatic hydroxyl groups is 1. The average molecular weight is 507 g/mol. The van der Waals surface area contributed by atoms with Crippen LogP contribution in [0.4, 0.5) is 5.00 Å². The number of rotatable bonds is 8. The number of phenolic OH excluding ortho intramolecular Hbond substituents is 1. The van der Waals surface area contributed by atoms with Crippen molar-refractivity contribution in [2.45, 2.75) is 33.6 Å². The first-order valence-electron chi connectivity index (χ1n) is 9.61. The number of ether oxygens (including phenoxy) is 2. The fraction of sp³-hybridized carbons (Fsp3) is 0.318. The molecular formula is C22H23BrN2O5S. The third kappa shape index (κ3) is 6.09. The standard InChI is InChI=1S/C22H23BrN2O5S/c1-5-29-17-9-13(8-16(23)19(17)26)7-14(11-24)20(27)25-21-15(22(28)30-6-2)10-18(31-21)12(3)4/h7-10,12,26H,5-6H2,1-4H3,(H,25,27)/b14-7+. The van der Waals surface area contributed by atoms with Crippen molar-refractivity contribution in [3.63, 3.8) is 0 Å². The summed E-state index contributed by atoms with van der Waals surface area (Å²) < 4.78 is 10.8. The van der Waals surface area contributed by atoms with Gasteiger partial charge in [0, 0.05) is 4.88 Å². The number of nitriles is 1. The van der Waals surface area contributed by atoms with E-state index in [1.807, 2.05) is 19.9 Å². The second kappa shape index (κ2) is 11.0. The largest absolute Gasteiger partial charge is 0.503 e. The molecule has 0 saturated heterocycles. The Kier molecular flexibility index (Phi) is 8.65. The summed E-state index contributed by atoms with van der Waals surface area (Å²) >= 11 is 4.50. The summed E-state index contributed by atoms with van der Waals surface area (Å²) in [6, 6.07) is 6.67. The third-order valence-corrected chi connectivity index (χ3v) is 6.02. The third-order valence-electron chi connectivity index (χ3n) is 4.07. The van der Waals surface area contributed by atoms with Crippen LogP contribution in [-0.2, 0) is 9.53 Å². The van der Waals surface area contributed by atoms with Crippen LogP contribution in [0.5, 0.6) is 11.5 Å². The fourth-order valence-electron chi connectivity index (χ4n) is 2.58. The molecule has 2 rings (SSSR count). The van der Waals surface area contributed by atoms with Crippen LogP contribution >= 0.6 is 27.3 Å². The second-order valence-electron chi connectivity index (χ2n) is 6.67. The number of hydrogen-bond acceptors (Lipinski definition) is 7. The van der Waals surface area contributed by atoms with Crippen molar-refractivity contribution in [3.05, 3.63) is 44.2 Å². The molecule has 7 nitrogen and oxygen atoms in total. The number of carbonyl (C=O) groups is 2. The van der Waals surface area contributed by atoms with Gasteiger partial charge in [-0.2, -0.15) is 5.26 Å². The maximum Gasteiger partial charge on any atom is 0.341 e. The number of nitrogens with zero attached hydrogens (tertiary/aromatic N) is 1. The molecule has 9 heteroatoms. The molecule has 0 unspecified atom stereocenters. The average Bonchev–Trinajstić information content (AvgIpc) is 3.14. The van der Waals surface area contributed by atoms with E-state index in [1.54, 1.807) is 26.0 Å². The van der Waals surface area contributed by atoms with Crippen molar-refractivity contribution < 1.29 is 24.2 Å². The lowest BCUT2D eigenvalue weighted by Crippen LogP contribution is -2.15. The van der Waals surface area contributed by atoms with Gasteiger partial charge < -0.3 is 19.9 Å². The van der Waals surface area contributed by atoms with E-state index in [4.69, 9.17) is 9.47 Å². The lowest BCUT2D eigenvalue weighted by Gasteiger charge is -2.09. The fourth-order valence-corrected chi connectivity index (χ4v) is 4.08. The number of nitrogens with one attached hydrogen (secondary N) is 1. The zero-order chi connectivity index (χ0) is 23.1. The van der Waals surface area contributed by atoms with Crippen LogP contribution < -0.4 is 10.1 Å². The molecule has 0 atom stereocenters. The molecule has 0 bridgehead atoms. The van der Waals surface area contributed by atoms with Gasteiger partial charge in [-0.15, -0.1) is 11.3 Å². The van der Waals surface area contributed by atoms with E-state index in [0.717, 1.165) is 4.88 Å².